The van der Waals surface area contributed by atoms with Crippen LogP contribution in [0.4, 0.5) is 0 Å². The van der Waals surface area contributed by atoms with Gasteiger partial charge in [-0.3, -0.25) is 0 Å². The molecule has 0 aliphatic heterocycles. The third-order valence-corrected chi connectivity index (χ3v) is 13.9. The Morgan fingerprint density at radius 2 is 1.02 bits per heavy atom. The highest BCUT2D eigenvalue weighted by Gasteiger charge is 2.42. The second kappa shape index (κ2) is 13.4. The fourth-order valence-corrected chi connectivity index (χ4v) is 11.0. The average Bonchev–Trinajstić information content (AvgIpc) is 4.00. The Hall–Kier alpha value is -7.69. The molecule has 4 nitrogen and oxygen atoms in total. The van der Waals surface area contributed by atoms with Crippen molar-refractivity contribution in [3.05, 3.63) is 222 Å². The highest BCUT2D eigenvalue weighted by Crippen LogP contribution is 2.58. The van der Waals surface area contributed by atoms with E-state index in [1.54, 1.807) is 0 Å². The van der Waals surface area contributed by atoms with Gasteiger partial charge in [-0.2, -0.15) is 0 Å². The van der Waals surface area contributed by atoms with Crippen LogP contribution < -0.4 is 5.32 Å². The van der Waals surface area contributed by atoms with Gasteiger partial charge in [0.05, 0.1) is 22.4 Å². The van der Waals surface area contributed by atoms with Crippen LogP contribution in [0.1, 0.15) is 66.6 Å². The average molecular weight is 812 g/mol. The summed E-state index contributed by atoms with van der Waals surface area (Å²) in [6.45, 7) is 18.5. The van der Waals surface area contributed by atoms with Crippen molar-refractivity contribution in [2.24, 2.45) is 4.99 Å². The van der Waals surface area contributed by atoms with E-state index in [1.807, 2.05) is 60.7 Å². The second-order valence-electron chi connectivity index (χ2n) is 18.1. The second-order valence-corrected chi connectivity index (χ2v) is 18.1. The lowest BCUT2D eigenvalue weighted by Gasteiger charge is -2.25. The minimum Gasteiger partial charge on any atom is -0.453 e. The number of aliphatic imine (C=N–C) groups is 1. The van der Waals surface area contributed by atoms with Crippen molar-refractivity contribution < 1.29 is 4.42 Å². The number of benzene rings is 8. The first-order valence-electron chi connectivity index (χ1n) is 21.8. The number of fused-ring (bicyclic) bond motifs is 14. The lowest BCUT2D eigenvalue weighted by atomic mass is 9.77. The highest BCUT2D eigenvalue weighted by atomic mass is 16.3. The predicted octanol–water partition coefficient (Wildman–Crippen LogP) is 15.0. The van der Waals surface area contributed by atoms with Crippen molar-refractivity contribution in [1.29, 1.82) is 0 Å². The van der Waals surface area contributed by atoms with E-state index < -0.39 is 0 Å². The molecule has 0 unspecified atom stereocenters. The Kier molecular flexibility index (Phi) is 7.89. The molecule has 0 spiro atoms. The Balaban J connectivity index is 1.08. The third kappa shape index (κ3) is 5.25. The van der Waals surface area contributed by atoms with E-state index in [0.29, 0.717) is 17.2 Å². The fraction of sp³-hybridized carbons (Fsp3) is 0.102. The summed E-state index contributed by atoms with van der Waals surface area (Å²) >= 11 is 0. The van der Waals surface area contributed by atoms with E-state index in [0.717, 1.165) is 44.3 Å². The van der Waals surface area contributed by atoms with Crippen LogP contribution in [0.5, 0.6) is 0 Å². The number of rotatable bonds is 6. The van der Waals surface area contributed by atoms with Crippen LogP contribution in [0.3, 0.4) is 0 Å². The van der Waals surface area contributed by atoms with E-state index in [-0.39, 0.29) is 10.8 Å². The first kappa shape index (κ1) is 37.1. The van der Waals surface area contributed by atoms with Crippen molar-refractivity contribution in [2.45, 2.75) is 38.5 Å². The molecule has 1 N–H and O–H groups in total. The van der Waals surface area contributed by atoms with E-state index in [9.17, 15) is 0 Å². The maximum Gasteiger partial charge on any atom is 0.159 e. The molecule has 4 heteroatoms. The van der Waals surface area contributed by atoms with Gasteiger partial charge in [-0.05, 0) is 74.3 Å². The summed E-state index contributed by atoms with van der Waals surface area (Å²) in [5.41, 5.74) is 19.4. The van der Waals surface area contributed by atoms with Gasteiger partial charge in [-0.1, -0.05) is 186 Å². The maximum atomic E-state index is 7.18. The zero-order valence-corrected chi connectivity index (χ0v) is 35.9. The SMILES string of the molecule is C=C(N=C(NC(=C)c1cccc2c1oc1c(-n3c4ccc5c(c4c4c6c(ccc43)-c3ccccc3C6(C)C)C(C)(C)c3ccccc3-5)cccc12)c1ccccc1)c1ccccc1. The summed E-state index contributed by atoms with van der Waals surface area (Å²) < 4.78 is 9.65. The van der Waals surface area contributed by atoms with Crippen LogP contribution in [0, 0.1) is 0 Å². The number of para-hydroxylation sites is 2. The normalized spacial score (nSPS) is 14.5. The van der Waals surface area contributed by atoms with Crippen LogP contribution in [0.25, 0.3) is 83.1 Å². The van der Waals surface area contributed by atoms with Crippen molar-refractivity contribution >= 4 is 61.0 Å². The summed E-state index contributed by atoms with van der Waals surface area (Å²) in [5, 5.41) is 8.29. The molecule has 2 aromatic heterocycles. The minimum absolute atomic E-state index is 0.216. The third-order valence-electron chi connectivity index (χ3n) is 13.9. The van der Waals surface area contributed by atoms with Crippen molar-refractivity contribution in [3.8, 4) is 27.9 Å². The number of hydrogen-bond donors (Lipinski definition) is 1. The van der Waals surface area contributed by atoms with Crippen LogP contribution in [0.15, 0.2) is 192 Å². The molecule has 10 aromatic rings. The number of amidine groups is 1. The fourth-order valence-electron chi connectivity index (χ4n) is 11.0. The standard InChI is InChI=1S/C59H45N3O/c1-35(37-19-9-7-10-20-37)60-57(38-21-11-8-12-22-38)61-36(2)39-25-17-26-44-45-27-18-30-50(56(45)63-55(39)44)62-48-33-31-42-40-23-13-15-28-46(40)58(3,4)53(42)51(48)52-49(62)34-32-43-41-24-14-16-29-47(41)59(5,6)54(43)52/h7-34H,1-2H2,3-6H3,(H,60,61). The lowest BCUT2D eigenvalue weighted by molar-refractivity contribution is 0.662. The van der Waals surface area contributed by atoms with Gasteiger partial charge in [0.25, 0.3) is 0 Å². The summed E-state index contributed by atoms with van der Waals surface area (Å²) in [4.78, 5) is 5.02. The molecule has 0 saturated heterocycles. The molecule has 63 heavy (non-hydrogen) atoms. The zero-order chi connectivity index (χ0) is 42.8. The molecule has 2 aliphatic carbocycles. The number of hydrogen-bond acceptors (Lipinski definition) is 2. The molecule has 0 amide bonds. The van der Waals surface area contributed by atoms with E-state index in [4.69, 9.17) is 9.41 Å². The van der Waals surface area contributed by atoms with Gasteiger partial charge in [-0.25, -0.2) is 4.99 Å². The van der Waals surface area contributed by atoms with Crippen molar-refractivity contribution in [1.82, 2.24) is 9.88 Å². The van der Waals surface area contributed by atoms with E-state index in [1.165, 1.54) is 66.3 Å². The summed E-state index contributed by atoms with van der Waals surface area (Å²) in [6.07, 6.45) is 0. The molecule has 0 saturated carbocycles. The molecule has 0 fully saturated rings. The number of nitrogens with one attached hydrogen (secondary N) is 1. The molecule has 8 aromatic carbocycles. The number of furan rings is 1. The van der Waals surface area contributed by atoms with Gasteiger partial charge in [0.15, 0.2) is 5.58 Å². The monoisotopic (exact) mass is 811 g/mol. The first-order valence-corrected chi connectivity index (χ1v) is 21.8. The summed E-state index contributed by atoms with van der Waals surface area (Å²) in [7, 11) is 0. The van der Waals surface area contributed by atoms with Gasteiger partial charge in [0.1, 0.15) is 11.4 Å². The molecule has 2 heterocycles. The smallest absolute Gasteiger partial charge is 0.159 e. The summed E-state index contributed by atoms with van der Waals surface area (Å²) in [5.74, 6) is 0.656. The van der Waals surface area contributed by atoms with Gasteiger partial charge < -0.3 is 14.3 Å². The summed E-state index contributed by atoms with van der Waals surface area (Å²) in [6, 6.07) is 60.3. The predicted molar refractivity (Wildman–Crippen MR) is 264 cm³/mol. The molecule has 0 radical (unpaired) electrons. The van der Waals surface area contributed by atoms with Crippen molar-refractivity contribution in [3.63, 3.8) is 0 Å². The zero-order valence-electron chi connectivity index (χ0n) is 35.9. The Morgan fingerprint density at radius 3 is 1.60 bits per heavy atom. The van der Waals surface area contributed by atoms with Gasteiger partial charge in [0, 0.05) is 49.2 Å². The minimum atomic E-state index is -0.216. The van der Waals surface area contributed by atoms with Gasteiger partial charge in [0.2, 0.25) is 0 Å². The number of aromatic nitrogens is 1. The van der Waals surface area contributed by atoms with E-state index in [2.05, 4.69) is 160 Å². The molecule has 302 valence electrons. The number of nitrogens with zero attached hydrogens (tertiary/aromatic N) is 2. The van der Waals surface area contributed by atoms with Gasteiger partial charge in [-0.15, -0.1) is 0 Å². The quantitative estimate of drug-likeness (QED) is 0.134. The van der Waals surface area contributed by atoms with Crippen LogP contribution in [0.2, 0.25) is 0 Å². The van der Waals surface area contributed by atoms with Crippen LogP contribution in [-0.4, -0.2) is 10.4 Å². The van der Waals surface area contributed by atoms with Crippen molar-refractivity contribution in [2.75, 3.05) is 0 Å². The molecular formula is C59H45N3O. The van der Waals surface area contributed by atoms with Crippen LogP contribution in [-0.2, 0) is 10.8 Å². The molecular weight excluding hydrogens is 767 g/mol. The van der Waals surface area contributed by atoms with E-state index >= 15 is 0 Å². The Bertz CT molecular complexity index is 3490. The first-order chi connectivity index (χ1) is 30.6. The topological polar surface area (TPSA) is 42.5 Å². The lowest BCUT2D eigenvalue weighted by Crippen LogP contribution is -2.22. The van der Waals surface area contributed by atoms with Gasteiger partial charge >= 0.3 is 0 Å². The van der Waals surface area contributed by atoms with Crippen LogP contribution >= 0.6 is 0 Å². The molecule has 0 bridgehead atoms. The Labute approximate surface area is 367 Å². The maximum absolute atomic E-state index is 7.18. The Morgan fingerprint density at radius 1 is 0.508 bits per heavy atom. The largest absolute Gasteiger partial charge is 0.453 e. The highest BCUT2D eigenvalue weighted by molar-refractivity contribution is 6.20. The molecule has 0 atom stereocenters. The molecule has 12 rings (SSSR count). The molecule has 2 aliphatic rings.